The Morgan fingerprint density at radius 2 is 1.77 bits per heavy atom. The molecule has 0 aliphatic rings. The summed E-state index contributed by atoms with van der Waals surface area (Å²) in [4.78, 5) is 31.7. The van der Waals surface area contributed by atoms with Crippen LogP contribution in [0, 0.1) is 20.8 Å². The summed E-state index contributed by atoms with van der Waals surface area (Å²) in [7, 11) is 0. The van der Waals surface area contributed by atoms with Crippen LogP contribution in [0.2, 0.25) is 5.02 Å². The van der Waals surface area contributed by atoms with Crippen LogP contribution in [-0.4, -0.2) is 25.1 Å². The number of fused-ring (bicyclic) bond motifs is 2. The van der Waals surface area contributed by atoms with Crippen LogP contribution in [0.4, 0.5) is 0 Å². The van der Waals surface area contributed by atoms with Crippen LogP contribution in [0.15, 0.2) is 65.5 Å². The molecule has 8 heteroatoms. The van der Waals surface area contributed by atoms with Gasteiger partial charge in [-0.15, -0.1) is 0 Å². The summed E-state index contributed by atoms with van der Waals surface area (Å²) in [6, 6.07) is 18.0. The van der Waals surface area contributed by atoms with Gasteiger partial charge in [-0.2, -0.15) is 5.10 Å². The van der Waals surface area contributed by atoms with Crippen LogP contribution in [0.3, 0.4) is 0 Å². The second-order valence-corrected chi connectivity index (χ2v) is 9.09. The predicted octanol–water partition coefficient (Wildman–Crippen LogP) is 5.10. The van der Waals surface area contributed by atoms with Crippen molar-refractivity contribution >= 4 is 33.9 Å². The number of carbonyl (C=O) groups is 1. The lowest BCUT2D eigenvalue weighted by Crippen LogP contribution is -2.32. The van der Waals surface area contributed by atoms with E-state index in [0.717, 1.165) is 11.4 Å². The Balaban J connectivity index is 1.64. The normalized spacial score (nSPS) is 12.3. The molecule has 3 aromatic heterocycles. The zero-order valence-electron chi connectivity index (χ0n) is 19.8. The standard InChI is InChI=1S/C27H24ClN5O2/c1-15-13-16(2)33-25(29-15)23(18(4)31-33)26(34)30-17(3)22-14-19-9-8-12-21(28)24(19)27(35)32(22)20-10-6-5-7-11-20/h5-14,17H,1-4H3,(H,30,34)/t17-/m0/s1. The van der Waals surface area contributed by atoms with E-state index < -0.39 is 6.04 Å². The van der Waals surface area contributed by atoms with E-state index in [9.17, 15) is 9.59 Å². The Morgan fingerprint density at radius 1 is 1.03 bits per heavy atom. The molecule has 0 fully saturated rings. The largest absolute Gasteiger partial charge is 0.344 e. The molecule has 0 aliphatic carbocycles. The summed E-state index contributed by atoms with van der Waals surface area (Å²) >= 11 is 6.40. The molecule has 0 radical (unpaired) electrons. The minimum absolute atomic E-state index is 0.240. The van der Waals surface area contributed by atoms with Gasteiger partial charge in [0.05, 0.1) is 22.1 Å². The predicted molar refractivity (Wildman–Crippen MR) is 138 cm³/mol. The summed E-state index contributed by atoms with van der Waals surface area (Å²) in [5.41, 5.74) is 4.30. The van der Waals surface area contributed by atoms with Gasteiger partial charge in [-0.3, -0.25) is 14.2 Å². The van der Waals surface area contributed by atoms with Crippen molar-refractivity contribution in [2.45, 2.75) is 33.7 Å². The number of benzene rings is 2. The Kier molecular flexibility index (Phi) is 5.65. The number of para-hydroxylation sites is 1. The molecule has 5 aromatic rings. The molecule has 0 spiro atoms. The lowest BCUT2D eigenvalue weighted by atomic mass is 10.1. The summed E-state index contributed by atoms with van der Waals surface area (Å²) < 4.78 is 3.29. The average molecular weight is 486 g/mol. The lowest BCUT2D eigenvalue weighted by molar-refractivity contribution is 0.0939. The first-order chi connectivity index (χ1) is 16.8. The maximum atomic E-state index is 13.6. The molecule has 2 aromatic carbocycles. The van der Waals surface area contributed by atoms with Crippen LogP contribution in [0.25, 0.3) is 22.1 Å². The van der Waals surface area contributed by atoms with Crippen molar-refractivity contribution in [1.82, 2.24) is 24.5 Å². The number of amides is 1. The molecule has 0 unspecified atom stereocenters. The SMILES string of the molecule is Cc1cc(C)n2nc(C)c(C(=O)N[C@@H](C)c3cc4cccc(Cl)c4c(=O)n3-c3ccccc3)c2n1. The van der Waals surface area contributed by atoms with Gasteiger partial charge < -0.3 is 5.32 Å². The Hall–Kier alpha value is -3.97. The van der Waals surface area contributed by atoms with Crippen molar-refractivity contribution in [1.29, 1.82) is 0 Å². The van der Waals surface area contributed by atoms with Crippen LogP contribution < -0.4 is 10.9 Å². The van der Waals surface area contributed by atoms with E-state index in [1.165, 1.54) is 0 Å². The van der Waals surface area contributed by atoms with E-state index in [1.54, 1.807) is 22.1 Å². The van der Waals surface area contributed by atoms with Gasteiger partial charge in [0.1, 0.15) is 5.56 Å². The molecule has 176 valence electrons. The van der Waals surface area contributed by atoms with Crippen molar-refractivity contribution in [3.63, 3.8) is 0 Å². The molecule has 0 bridgehead atoms. The molecule has 5 rings (SSSR count). The molecular weight excluding hydrogens is 462 g/mol. The second-order valence-electron chi connectivity index (χ2n) is 8.68. The molecule has 0 aliphatic heterocycles. The van der Waals surface area contributed by atoms with Gasteiger partial charge in [0.15, 0.2) is 5.65 Å². The Labute approximate surface area is 207 Å². The number of nitrogens with zero attached hydrogens (tertiary/aromatic N) is 4. The highest BCUT2D eigenvalue weighted by Crippen LogP contribution is 2.26. The highest BCUT2D eigenvalue weighted by molar-refractivity contribution is 6.35. The summed E-state index contributed by atoms with van der Waals surface area (Å²) in [5.74, 6) is -0.305. The fourth-order valence-corrected chi connectivity index (χ4v) is 4.80. The van der Waals surface area contributed by atoms with Gasteiger partial charge in [-0.1, -0.05) is 41.9 Å². The zero-order chi connectivity index (χ0) is 24.9. The third-order valence-corrected chi connectivity index (χ3v) is 6.44. The topological polar surface area (TPSA) is 81.3 Å². The fourth-order valence-electron chi connectivity index (χ4n) is 4.54. The fraction of sp³-hybridized carbons (Fsp3) is 0.185. The minimum atomic E-state index is -0.501. The van der Waals surface area contributed by atoms with E-state index in [0.29, 0.717) is 44.1 Å². The molecule has 1 amide bonds. The van der Waals surface area contributed by atoms with Gasteiger partial charge in [0.25, 0.3) is 11.5 Å². The van der Waals surface area contributed by atoms with Crippen molar-refractivity contribution in [2.24, 2.45) is 0 Å². The van der Waals surface area contributed by atoms with Crippen molar-refractivity contribution < 1.29 is 4.79 Å². The van der Waals surface area contributed by atoms with Gasteiger partial charge in [-0.05, 0) is 63.4 Å². The minimum Gasteiger partial charge on any atom is -0.344 e. The second kappa shape index (κ2) is 8.67. The molecule has 35 heavy (non-hydrogen) atoms. The van der Waals surface area contributed by atoms with Gasteiger partial charge >= 0.3 is 0 Å². The monoisotopic (exact) mass is 485 g/mol. The molecular formula is C27H24ClN5O2. The van der Waals surface area contributed by atoms with E-state index >= 15 is 0 Å². The maximum absolute atomic E-state index is 13.6. The van der Waals surface area contributed by atoms with E-state index in [-0.39, 0.29) is 11.5 Å². The van der Waals surface area contributed by atoms with Crippen molar-refractivity contribution in [3.05, 3.63) is 104 Å². The first-order valence-electron chi connectivity index (χ1n) is 11.3. The van der Waals surface area contributed by atoms with E-state index in [1.807, 2.05) is 75.4 Å². The first-order valence-corrected chi connectivity index (χ1v) is 11.7. The average Bonchev–Trinajstić information content (AvgIpc) is 3.15. The maximum Gasteiger partial charge on any atom is 0.264 e. The number of nitrogens with one attached hydrogen (secondary N) is 1. The lowest BCUT2D eigenvalue weighted by Gasteiger charge is -2.21. The molecule has 3 heterocycles. The van der Waals surface area contributed by atoms with Gasteiger partial charge in [0, 0.05) is 22.8 Å². The Bertz CT molecular complexity index is 1670. The number of aromatic nitrogens is 4. The number of hydrogen-bond acceptors (Lipinski definition) is 4. The molecule has 7 nitrogen and oxygen atoms in total. The third-order valence-electron chi connectivity index (χ3n) is 6.13. The number of hydrogen-bond donors (Lipinski definition) is 1. The third kappa shape index (κ3) is 3.88. The Morgan fingerprint density at radius 3 is 2.51 bits per heavy atom. The zero-order valence-corrected chi connectivity index (χ0v) is 20.6. The van der Waals surface area contributed by atoms with Crippen LogP contribution in [-0.2, 0) is 0 Å². The quantitative estimate of drug-likeness (QED) is 0.384. The summed E-state index contributed by atoms with van der Waals surface area (Å²) in [6.07, 6.45) is 0. The smallest absolute Gasteiger partial charge is 0.264 e. The van der Waals surface area contributed by atoms with Crippen molar-refractivity contribution in [3.8, 4) is 5.69 Å². The number of halogens is 1. The van der Waals surface area contributed by atoms with E-state index in [4.69, 9.17) is 11.6 Å². The molecule has 1 N–H and O–H groups in total. The van der Waals surface area contributed by atoms with Crippen LogP contribution >= 0.6 is 11.6 Å². The number of aryl methyl sites for hydroxylation is 3. The van der Waals surface area contributed by atoms with Crippen LogP contribution in [0.5, 0.6) is 0 Å². The molecule has 1 atom stereocenters. The first kappa shape index (κ1) is 22.8. The molecule has 0 saturated carbocycles. The number of carbonyl (C=O) groups excluding carboxylic acids is 1. The number of pyridine rings is 1. The summed E-state index contributed by atoms with van der Waals surface area (Å²) in [6.45, 7) is 7.46. The number of rotatable bonds is 4. The van der Waals surface area contributed by atoms with E-state index in [2.05, 4.69) is 15.4 Å². The molecule has 0 saturated heterocycles. The summed E-state index contributed by atoms with van der Waals surface area (Å²) in [5, 5.41) is 9.11. The van der Waals surface area contributed by atoms with Gasteiger partial charge in [-0.25, -0.2) is 9.50 Å². The highest BCUT2D eigenvalue weighted by atomic mass is 35.5. The van der Waals surface area contributed by atoms with Crippen LogP contribution in [0.1, 0.15) is 46.1 Å². The van der Waals surface area contributed by atoms with Crippen molar-refractivity contribution in [2.75, 3.05) is 0 Å². The van der Waals surface area contributed by atoms with Gasteiger partial charge in [0.2, 0.25) is 0 Å². The highest BCUT2D eigenvalue weighted by Gasteiger charge is 2.24.